The van der Waals surface area contributed by atoms with Crippen molar-refractivity contribution in [1.29, 1.82) is 5.26 Å². The van der Waals surface area contributed by atoms with E-state index in [2.05, 4.69) is 11.4 Å². The summed E-state index contributed by atoms with van der Waals surface area (Å²) in [5.74, 6) is -0.107. The normalized spacial score (nSPS) is 16.5. The second-order valence-corrected chi connectivity index (χ2v) is 5.62. The molecule has 1 aliphatic rings. The molecule has 1 N–H and O–H groups in total. The number of hydrogen-bond acceptors (Lipinski definition) is 4. The van der Waals surface area contributed by atoms with Gasteiger partial charge in [0.25, 0.3) is 5.91 Å². The summed E-state index contributed by atoms with van der Waals surface area (Å²) in [6, 6.07) is 7.38. The molecule has 6 nitrogen and oxygen atoms in total. The third-order valence-electron chi connectivity index (χ3n) is 3.64. The summed E-state index contributed by atoms with van der Waals surface area (Å²) in [7, 11) is 3.96. The second-order valence-electron chi connectivity index (χ2n) is 5.62. The van der Waals surface area contributed by atoms with Crippen molar-refractivity contribution >= 4 is 12.3 Å². The fourth-order valence-corrected chi connectivity index (χ4v) is 2.72. The average Bonchev–Trinajstić information content (AvgIpc) is 2.75. The van der Waals surface area contributed by atoms with E-state index in [1.165, 1.54) is 0 Å². The topological polar surface area (TPSA) is 76.4 Å². The Morgan fingerprint density at radius 3 is 2.86 bits per heavy atom. The number of rotatable bonds is 7. The minimum absolute atomic E-state index is 0.107. The van der Waals surface area contributed by atoms with E-state index in [1.807, 2.05) is 37.2 Å². The molecule has 22 heavy (non-hydrogen) atoms. The van der Waals surface area contributed by atoms with Crippen molar-refractivity contribution in [2.24, 2.45) is 0 Å². The monoisotopic (exact) mass is 300 g/mol. The summed E-state index contributed by atoms with van der Waals surface area (Å²) in [6.45, 7) is 1.71. The zero-order valence-electron chi connectivity index (χ0n) is 12.9. The fourth-order valence-electron chi connectivity index (χ4n) is 2.72. The number of nitrogens with one attached hydrogen (secondary N) is 1. The molecule has 1 unspecified atom stereocenters. The van der Waals surface area contributed by atoms with Gasteiger partial charge in [-0.15, -0.1) is 0 Å². The summed E-state index contributed by atoms with van der Waals surface area (Å²) in [5, 5.41) is 12.0. The van der Waals surface area contributed by atoms with Gasteiger partial charge in [0, 0.05) is 30.8 Å². The Bertz CT molecular complexity index is 607. The molecule has 1 heterocycles. The minimum atomic E-state index is -0.541. The van der Waals surface area contributed by atoms with Gasteiger partial charge in [0.2, 0.25) is 6.41 Å². The molecule has 2 amide bonds. The Balaban J connectivity index is 2.18. The van der Waals surface area contributed by atoms with Crippen molar-refractivity contribution in [2.45, 2.75) is 19.0 Å². The Morgan fingerprint density at radius 2 is 2.23 bits per heavy atom. The van der Waals surface area contributed by atoms with Crippen LogP contribution in [0.25, 0.3) is 0 Å². The van der Waals surface area contributed by atoms with E-state index in [1.54, 1.807) is 4.90 Å². The van der Waals surface area contributed by atoms with Gasteiger partial charge in [-0.25, -0.2) is 0 Å². The van der Waals surface area contributed by atoms with Crippen LogP contribution in [0.15, 0.2) is 18.2 Å². The molecule has 0 fully saturated rings. The highest BCUT2D eigenvalue weighted by molar-refractivity contribution is 5.99. The van der Waals surface area contributed by atoms with Gasteiger partial charge in [-0.3, -0.25) is 9.59 Å². The number of benzene rings is 1. The predicted molar refractivity (Wildman–Crippen MR) is 81.9 cm³/mol. The Morgan fingerprint density at radius 1 is 1.45 bits per heavy atom. The van der Waals surface area contributed by atoms with Gasteiger partial charge in [0.15, 0.2) is 0 Å². The Hall–Kier alpha value is -2.39. The fraction of sp³-hybridized carbons (Fsp3) is 0.438. The van der Waals surface area contributed by atoms with E-state index in [0.717, 1.165) is 17.7 Å². The van der Waals surface area contributed by atoms with Crippen LogP contribution in [-0.2, 0) is 11.3 Å². The Labute approximate surface area is 130 Å². The summed E-state index contributed by atoms with van der Waals surface area (Å²) in [6.07, 6.45) is 1.26. The van der Waals surface area contributed by atoms with Crippen molar-refractivity contribution < 1.29 is 9.59 Å². The maximum atomic E-state index is 12.4. The van der Waals surface area contributed by atoms with E-state index in [0.29, 0.717) is 31.5 Å². The number of carbonyl (C=O) groups excluding carboxylic acids is 2. The van der Waals surface area contributed by atoms with Crippen LogP contribution in [0.1, 0.15) is 33.9 Å². The molecular weight excluding hydrogens is 280 g/mol. The lowest BCUT2D eigenvalue weighted by atomic mass is 10.0. The summed E-state index contributed by atoms with van der Waals surface area (Å²) < 4.78 is 0. The first-order chi connectivity index (χ1) is 10.6. The van der Waals surface area contributed by atoms with Crippen LogP contribution in [0.4, 0.5) is 0 Å². The Kier molecular flexibility index (Phi) is 5.12. The number of nitriles is 1. The van der Waals surface area contributed by atoms with Crippen LogP contribution in [-0.4, -0.2) is 49.3 Å². The summed E-state index contributed by atoms with van der Waals surface area (Å²) in [5.41, 5.74) is 2.48. The van der Waals surface area contributed by atoms with Gasteiger partial charge >= 0.3 is 0 Å². The molecule has 0 radical (unpaired) electrons. The van der Waals surface area contributed by atoms with Gasteiger partial charge < -0.3 is 15.1 Å². The molecule has 1 aromatic carbocycles. The summed E-state index contributed by atoms with van der Waals surface area (Å²) >= 11 is 0. The number of amides is 2. The van der Waals surface area contributed by atoms with E-state index in [4.69, 9.17) is 0 Å². The van der Waals surface area contributed by atoms with Gasteiger partial charge in [0.05, 0.1) is 6.07 Å². The first-order valence-corrected chi connectivity index (χ1v) is 7.23. The third kappa shape index (κ3) is 3.26. The smallest absolute Gasteiger partial charge is 0.255 e. The molecule has 0 bridgehead atoms. The van der Waals surface area contributed by atoms with E-state index >= 15 is 0 Å². The molecule has 1 aromatic rings. The van der Waals surface area contributed by atoms with Crippen molar-refractivity contribution in [1.82, 2.24) is 15.1 Å². The van der Waals surface area contributed by atoms with Gasteiger partial charge in [-0.2, -0.15) is 5.26 Å². The van der Waals surface area contributed by atoms with Gasteiger partial charge in [-0.1, -0.05) is 12.1 Å². The van der Waals surface area contributed by atoms with Crippen LogP contribution in [0.3, 0.4) is 0 Å². The van der Waals surface area contributed by atoms with Gasteiger partial charge in [-0.05, 0) is 32.1 Å². The molecule has 0 aromatic heterocycles. The van der Waals surface area contributed by atoms with E-state index in [-0.39, 0.29) is 5.91 Å². The van der Waals surface area contributed by atoms with E-state index in [9.17, 15) is 14.9 Å². The number of hydrogen-bond donors (Lipinski definition) is 1. The largest absolute Gasteiger partial charge is 0.359 e. The van der Waals surface area contributed by atoms with Gasteiger partial charge in [0.1, 0.15) is 6.04 Å². The maximum Gasteiger partial charge on any atom is 0.255 e. The molecule has 116 valence electrons. The maximum absolute atomic E-state index is 12.4. The van der Waals surface area contributed by atoms with Crippen molar-refractivity contribution in [2.75, 3.05) is 27.2 Å². The van der Waals surface area contributed by atoms with Crippen LogP contribution < -0.4 is 5.32 Å². The zero-order valence-corrected chi connectivity index (χ0v) is 12.9. The highest BCUT2D eigenvalue weighted by atomic mass is 16.2. The molecule has 2 rings (SSSR count). The number of fused-ring (bicyclic) bond motifs is 1. The highest BCUT2D eigenvalue weighted by Crippen LogP contribution is 2.34. The number of nitrogens with zero attached hydrogens (tertiary/aromatic N) is 3. The highest BCUT2D eigenvalue weighted by Gasteiger charge is 2.36. The lowest BCUT2D eigenvalue weighted by Crippen LogP contribution is -2.30. The molecule has 0 saturated carbocycles. The SMILES string of the molecule is CN(C)Cc1ccc2c(c1)C(C#N)N(CCCNC=O)C2=O. The van der Waals surface area contributed by atoms with Crippen LogP contribution in [0.2, 0.25) is 0 Å². The van der Waals surface area contributed by atoms with Crippen molar-refractivity contribution in [3.8, 4) is 6.07 Å². The van der Waals surface area contributed by atoms with Crippen LogP contribution >= 0.6 is 0 Å². The molecule has 0 saturated heterocycles. The predicted octanol–water partition coefficient (Wildman–Crippen LogP) is 0.905. The zero-order chi connectivity index (χ0) is 16.1. The van der Waals surface area contributed by atoms with E-state index < -0.39 is 6.04 Å². The molecular formula is C16H20N4O2. The third-order valence-corrected chi connectivity index (χ3v) is 3.64. The molecule has 1 aliphatic heterocycles. The minimum Gasteiger partial charge on any atom is -0.359 e. The molecule has 1 atom stereocenters. The second kappa shape index (κ2) is 7.05. The quantitative estimate of drug-likeness (QED) is 0.600. The summed E-state index contributed by atoms with van der Waals surface area (Å²) in [4.78, 5) is 26.3. The van der Waals surface area contributed by atoms with Crippen molar-refractivity contribution in [3.05, 3.63) is 34.9 Å². The lowest BCUT2D eigenvalue weighted by Gasteiger charge is -2.19. The number of carbonyl (C=O) groups is 2. The molecule has 6 heteroatoms. The van der Waals surface area contributed by atoms with Crippen LogP contribution in [0.5, 0.6) is 0 Å². The van der Waals surface area contributed by atoms with Crippen molar-refractivity contribution in [3.63, 3.8) is 0 Å². The van der Waals surface area contributed by atoms with Crippen LogP contribution in [0, 0.1) is 11.3 Å². The molecule has 0 aliphatic carbocycles. The first kappa shape index (κ1) is 16.0. The standard InChI is InChI=1S/C16H20N4O2/c1-19(2)10-12-4-5-13-14(8-12)15(9-17)20(16(13)22)7-3-6-18-11-21/h4-5,8,11,15H,3,6-7,10H2,1-2H3,(H,18,21). The molecule has 0 spiro atoms. The average molecular weight is 300 g/mol. The first-order valence-electron chi connectivity index (χ1n) is 7.23. The lowest BCUT2D eigenvalue weighted by molar-refractivity contribution is -0.109.